The third kappa shape index (κ3) is 5.55. The van der Waals surface area contributed by atoms with E-state index in [4.69, 9.17) is 19.9 Å². The van der Waals surface area contributed by atoms with Gasteiger partial charge in [0.15, 0.2) is 12.5 Å². The SMILES string of the molecule is C[n+]1c2cc(N)ccc2cc2ccc(N[C@@H]3O[C@H](CO)[C@@H](O[C@@H]4O[C@H](CO)[C@H](O)[C@H](O)[C@H]4O)[C@H](O)[C@H]3O)cc21.[Cl-]. The number of rotatable bonds is 6. The van der Waals surface area contributed by atoms with Gasteiger partial charge in [-0.2, -0.15) is 4.57 Å². The fraction of sp³-hybridized carbons (Fsp3) is 0.500. The summed E-state index contributed by atoms with van der Waals surface area (Å²) in [5, 5.41) is 76.4. The van der Waals surface area contributed by atoms with Crippen LogP contribution in [0, 0.1) is 0 Å². The summed E-state index contributed by atoms with van der Waals surface area (Å²) < 4.78 is 18.8. The molecule has 2 saturated heterocycles. The molecule has 0 amide bonds. The Morgan fingerprint density at radius 1 is 0.800 bits per heavy atom. The van der Waals surface area contributed by atoms with Crippen molar-refractivity contribution in [1.29, 1.82) is 0 Å². The third-order valence-electron chi connectivity index (χ3n) is 7.43. The summed E-state index contributed by atoms with van der Waals surface area (Å²) in [5.74, 6) is 0. The number of hydrogen-bond donors (Lipinski definition) is 9. The van der Waals surface area contributed by atoms with E-state index >= 15 is 0 Å². The van der Waals surface area contributed by atoms with Crippen molar-refractivity contribution >= 4 is 33.2 Å². The topological polar surface area (TPSA) is 211 Å². The van der Waals surface area contributed by atoms with Crippen LogP contribution in [0.3, 0.4) is 0 Å². The number of aromatic nitrogens is 1. The molecule has 14 heteroatoms. The van der Waals surface area contributed by atoms with Crippen LogP contribution in [-0.4, -0.2) is 110 Å². The van der Waals surface area contributed by atoms with E-state index in [2.05, 4.69) is 5.32 Å². The molecule has 3 aromatic rings. The lowest BCUT2D eigenvalue weighted by molar-refractivity contribution is -0.617. The molecule has 5 rings (SSSR count). The van der Waals surface area contributed by atoms with Crippen LogP contribution in [0.25, 0.3) is 21.8 Å². The zero-order valence-electron chi connectivity index (χ0n) is 21.5. The zero-order chi connectivity index (χ0) is 28.0. The van der Waals surface area contributed by atoms with Crippen molar-refractivity contribution < 1.29 is 66.9 Å². The molecule has 2 fully saturated rings. The monoisotopic (exact) mass is 583 g/mol. The number of hydrogen-bond acceptors (Lipinski definition) is 12. The third-order valence-corrected chi connectivity index (χ3v) is 7.43. The summed E-state index contributed by atoms with van der Waals surface area (Å²) in [6, 6.07) is 13.2. The van der Waals surface area contributed by atoms with Gasteiger partial charge in [-0.25, -0.2) is 0 Å². The molecule has 220 valence electrons. The van der Waals surface area contributed by atoms with Crippen molar-refractivity contribution in [3.63, 3.8) is 0 Å². The number of aliphatic hydroxyl groups excluding tert-OH is 7. The number of ether oxygens (including phenoxy) is 3. The number of aryl methyl sites for hydroxylation is 1. The van der Waals surface area contributed by atoms with Crippen LogP contribution >= 0.6 is 0 Å². The molecule has 3 heterocycles. The molecule has 0 spiro atoms. The molecular formula is C26H34ClN3O10. The predicted octanol–water partition coefficient (Wildman–Crippen LogP) is -5.56. The van der Waals surface area contributed by atoms with E-state index in [1.165, 1.54) is 0 Å². The minimum absolute atomic E-state index is 0. The molecular weight excluding hydrogens is 550 g/mol. The van der Waals surface area contributed by atoms with E-state index in [-0.39, 0.29) is 12.4 Å². The van der Waals surface area contributed by atoms with Gasteiger partial charge in [0.2, 0.25) is 11.0 Å². The Labute approximate surface area is 235 Å². The van der Waals surface area contributed by atoms with Crippen molar-refractivity contribution in [3.05, 3.63) is 42.5 Å². The highest BCUT2D eigenvalue weighted by Gasteiger charge is 2.50. The van der Waals surface area contributed by atoms with Gasteiger partial charge >= 0.3 is 0 Å². The van der Waals surface area contributed by atoms with Crippen LogP contribution in [0.15, 0.2) is 42.5 Å². The largest absolute Gasteiger partial charge is 1.00 e. The molecule has 0 bridgehead atoms. The Bertz CT molecular complexity index is 1330. The van der Waals surface area contributed by atoms with Gasteiger partial charge in [-0.1, -0.05) is 0 Å². The maximum absolute atomic E-state index is 10.9. The van der Waals surface area contributed by atoms with Gasteiger partial charge in [0, 0.05) is 34.3 Å². The molecule has 10 N–H and O–H groups in total. The number of fused-ring (bicyclic) bond motifs is 2. The summed E-state index contributed by atoms with van der Waals surface area (Å²) in [5.41, 5.74) is 8.97. The molecule has 2 aromatic carbocycles. The summed E-state index contributed by atoms with van der Waals surface area (Å²) in [6.07, 6.45) is -14.7. The van der Waals surface area contributed by atoms with Crippen LogP contribution in [0.1, 0.15) is 0 Å². The Morgan fingerprint density at radius 2 is 1.45 bits per heavy atom. The van der Waals surface area contributed by atoms with E-state index in [9.17, 15) is 35.7 Å². The second-order valence-electron chi connectivity index (χ2n) is 10.00. The van der Waals surface area contributed by atoms with Gasteiger partial charge in [0.25, 0.3) is 0 Å². The molecule has 0 saturated carbocycles. The lowest BCUT2D eigenvalue weighted by atomic mass is 9.96. The number of pyridine rings is 1. The number of nitrogen functional groups attached to an aromatic ring is 1. The second kappa shape index (κ2) is 12.2. The Balaban J connectivity index is 0.00000370. The van der Waals surface area contributed by atoms with Gasteiger partial charge < -0.3 is 73.4 Å². The van der Waals surface area contributed by atoms with Crippen LogP contribution in [-0.2, 0) is 21.3 Å². The maximum Gasteiger partial charge on any atom is 0.214 e. The van der Waals surface area contributed by atoms with E-state index in [1.54, 1.807) is 6.07 Å². The van der Waals surface area contributed by atoms with Crippen molar-refractivity contribution in [3.8, 4) is 0 Å². The summed E-state index contributed by atoms with van der Waals surface area (Å²) >= 11 is 0. The van der Waals surface area contributed by atoms with Gasteiger partial charge in [-0.05, 0) is 30.3 Å². The molecule has 13 nitrogen and oxygen atoms in total. The Morgan fingerprint density at radius 3 is 2.12 bits per heavy atom. The minimum atomic E-state index is -1.73. The quantitative estimate of drug-likeness (QED) is 0.0755. The van der Waals surface area contributed by atoms with Gasteiger partial charge in [-0.3, -0.25) is 0 Å². The smallest absolute Gasteiger partial charge is 0.214 e. The highest BCUT2D eigenvalue weighted by molar-refractivity contribution is 5.91. The van der Waals surface area contributed by atoms with Crippen molar-refractivity contribution in [1.82, 2.24) is 0 Å². The van der Waals surface area contributed by atoms with Crippen molar-refractivity contribution in [2.45, 2.75) is 61.3 Å². The van der Waals surface area contributed by atoms with Gasteiger partial charge in [-0.15, -0.1) is 0 Å². The average molecular weight is 584 g/mol. The van der Waals surface area contributed by atoms with E-state index in [0.29, 0.717) is 11.4 Å². The maximum atomic E-state index is 10.9. The average Bonchev–Trinajstić information content (AvgIpc) is 2.93. The molecule has 2 aliphatic heterocycles. The molecule has 1 aromatic heterocycles. The van der Waals surface area contributed by atoms with Crippen LogP contribution in [0.2, 0.25) is 0 Å². The number of halogens is 1. The highest BCUT2D eigenvalue weighted by atomic mass is 35.5. The van der Waals surface area contributed by atoms with Gasteiger partial charge in [0.05, 0.1) is 13.2 Å². The molecule has 10 atom stereocenters. The lowest BCUT2D eigenvalue weighted by Gasteiger charge is -2.46. The van der Waals surface area contributed by atoms with E-state index in [1.807, 2.05) is 48.0 Å². The predicted molar refractivity (Wildman–Crippen MR) is 137 cm³/mol. The molecule has 0 radical (unpaired) electrons. The van der Waals surface area contributed by atoms with Crippen LogP contribution < -0.4 is 28.0 Å². The number of nitrogens with two attached hydrogens (primary N) is 1. The number of nitrogens with zero attached hydrogens (tertiary/aromatic N) is 1. The number of anilines is 2. The second-order valence-corrected chi connectivity index (χ2v) is 10.00. The molecule has 0 unspecified atom stereocenters. The summed E-state index contributed by atoms with van der Waals surface area (Å²) in [7, 11) is 1.91. The zero-order valence-corrected chi connectivity index (χ0v) is 22.2. The lowest BCUT2D eigenvalue weighted by Crippen LogP contribution is -3.00. The fourth-order valence-electron chi connectivity index (χ4n) is 5.19. The van der Waals surface area contributed by atoms with Crippen LogP contribution in [0.4, 0.5) is 11.4 Å². The molecule has 2 aliphatic rings. The summed E-state index contributed by atoms with van der Waals surface area (Å²) in [4.78, 5) is 0. The Kier molecular flexibility index (Phi) is 9.34. The Hall–Kier alpha value is -2.40. The molecule has 0 aliphatic carbocycles. The normalized spacial score (nSPS) is 34.5. The fourth-order valence-corrected chi connectivity index (χ4v) is 5.19. The minimum Gasteiger partial charge on any atom is -1.00 e. The van der Waals surface area contributed by atoms with E-state index in [0.717, 1.165) is 21.8 Å². The van der Waals surface area contributed by atoms with Crippen molar-refractivity contribution in [2.75, 3.05) is 24.3 Å². The van der Waals surface area contributed by atoms with Gasteiger partial charge in [0.1, 0.15) is 55.9 Å². The first-order valence-electron chi connectivity index (χ1n) is 12.6. The first kappa shape index (κ1) is 30.6. The first-order chi connectivity index (χ1) is 18.6. The van der Waals surface area contributed by atoms with Crippen molar-refractivity contribution in [2.24, 2.45) is 7.05 Å². The number of aliphatic hydroxyl groups is 7. The number of benzene rings is 2. The summed E-state index contributed by atoms with van der Waals surface area (Å²) in [6.45, 7) is -1.29. The first-order valence-corrected chi connectivity index (χ1v) is 12.6. The molecule has 40 heavy (non-hydrogen) atoms. The standard InChI is InChI=1S/C26H33N3O10.ClH/c1-29-15-7-13(27)4-2-11(15)6-12-3-5-14(8-16(12)29)28-25-22(35)21(34)24(18(10-31)37-25)39-26-23(36)20(33)19(32)17(9-30)38-26;/h2-8,17-26,30-36H,9-10H2,1H3,(H2,27,28);1H/t17-,18-,19+,20+,21-,22-,23-,24-,25-,26+;/m1./s1. The highest BCUT2D eigenvalue weighted by Crippen LogP contribution is 2.30. The van der Waals surface area contributed by atoms with E-state index < -0.39 is 74.6 Å². The van der Waals surface area contributed by atoms with Crippen LogP contribution in [0.5, 0.6) is 0 Å². The number of nitrogens with one attached hydrogen (secondary N) is 1.